The van der Waals surface area contributed by atoms with E-state index in [0.29, 0.717) is 0 Å². The Hall–Kier alpha value is -1.76. The van der Waals surface area contributed by atoms with Crippen molar-refractivity contribution in [2.45, 2.75) is 38.5 Å². The predicted molar refractivity (Wildman–Crippen MR) is 88.7 cm³/mol. The van der Waals surface area contributed by atoms with E-state index < -0.39 is 0 Å². The monoisotopic (exact) mass is 280 g/mol. The molecule has 1 heteroatoms. The Morgan fingerprint density at radius 2 is 1.67 bits per heavy atom. The summed E-state index contributed by atoms with van der Waals surface area (Å²) in [6, 6.07) is 17.2. The van der Waals surface area contributed by atoms with Gasteiger partial charge in [-0.25, -0.2) is 0 Å². The highest BCUT2D eigenvalue weighted by Crippen LogP contribution is 2.32. The van der Waals surface area contributed by atoms with Crippen LogP contribution in [0.25, 0.3) is 11.1 Å². The van der Waals surface area contributed by atoms with E-state index in [2.05, 4.69) is 48.5 Å². The summed E-state index contributed by atoms with van der Waals surface area (Å²) in [4.78, 5) is 0. The van der Waals surface area contributed by atoms with Gasteiger partial charge in [0.1, 0.15) is 5.75 Å². The second-order valence-corrected chi connectivity index (χ2v) is 6.10. The number of rotatable bonds is 4. The molecular formula is C20H24O. The van der Waals surface area contributed by atoms with Crippen molar-refractivity contribution in [3.05, 3.63) is 54.1 Å². The number of benzene rings is 2. The van der Waals surface area contributed by atoms with Crippen LogP contribution in [0.3, 0.4) is 0 Å². The van der Waals surface area contributed by atoms with Crippen LogP contribution >= 0.6 is 0 Å². The molecule has 0 spiro atoms. The molecule has 0 aliphatic heterocycles. The van der Waals surface area contributed by atoms with Gasteiger partial charge in [0.25, 0.3) is 0 Å². The number of methoxy groups -OCH3 is 1. The summed E-state index contributed by atoms with van der Waals surface area (Å²) in [5.41, 5.74) is 3.94. The van der Waals surface area contributed by atoms with Gasteiger partial charge in [-0.05, 0) is 41.2 Å². The van der Waals surface area contributed by atoms with Gasteiger partial charge in [-0.3, -0.25) is 0 Å². The molecule has 0 bridgehead atoms. The van der Waals surface area contributed by atoms with Crippen molar-refractivity contribution in [2.75, 3.05) is 7.11 Å². The molecule has 1 saturated carbocycles. The molecule has 0 saturated heterocycles. The maximum Gasteiger partial charge on any atom is 0.122 e. The molecule has 1 aliphatic rings. The fourth-order valence-electron chi connectivity index (χ4n) is 3.45. The minimum atomic E-state index is 0.832. The molecule has 3 rings (SSSR count). The third kappa shape index (κ3) is 3.47. The standard InChI is InChI=1S/C20H24O/c1-21-20-13-12-18(17-10-6-3-7-11-17)15-19(20)14-16-8-4-2-5-9-16/h3,6-7,10-13,15-16H,2,4-5,8-9,14H2,1H3. The highest BCUT2D eigenvalue weighted by Gasteiger charge is 2.16. The van der Waals surface area contributed by atoms with E-state index in [9.17, 15) is 0 Å². The molecule has 0 aromatic heterocycles. The summed E-state index contributed by atoms with van der Waals surface area (Å²) < 4.78 is 5.58. The zero-order valence-electron chi connectivity index (χ0n) is 12.8. The second kappa shape index (κ2) is 6.80. The van der Waals surface area contributed by atoms with Crippen molar-refractivity contribution in [3.8, 4) is 16.9 Å². The van der Waals surface area contributed by atoms with Crippen LogP contribution < -0.4 is 4.74 Å². The van der Waals surface area contributed by atoms with E-state index in [1.165, 1.54) is 48.8 Å². The lowest BCUT2D eigenvalue weighted by atomic mass is 9.84. The Labute approximate surface area is 128 Å². The van der Waals surface area contributed by atoms with E-state index in [1.54, 1.807) is 7.11 Å². The van der Waals surface area contributed by atoms with Gasteiger partial charge >= 0.3 is 0 Å². The largest absolute Gasteiger partial charge is 0.496 e. The van der Waals surface area contributed by atoms with Crippen molar-refractivity contribution in [1.29, 1.82) is 0 Å². The fraction of sp³-hybridized carbons (Fsp3) is 0.400. The van der Waals surface area contributed by atoms with Crippen LogP contribution in [0.15, 0.2) is 48.5 Å². The van der Waals surface area contributed by atoms with Crippen molar-refractivity contribution in [3.63, 3.8) is 0 Å². The molecule has 1 nitrogen and oxygen atoms in total. The van der Waals surface area contributed by atoms with Crippen LogP contribution in [-0.4, -0.2) is 7.11 Å². The van der Waals surface area contributed by atoms with Gasteiger partial charge in [-0.2, -0.15) is 0 Å². The molecule has 2 aromatic rings. The molecule has 0 heterocycles. The molecule has 0 amide bonds. The highest BCUT2D eigenvalue weighted by atomic mass is 16.5. The van der Waals surface area contributed by atoms with E-state index in [4.69, 9.17) is 4.74 Å². The van der Waals surface area contributed by atoms with Crippen LogP contribution in [0.1, 0.15) is 37.7 Å². The Morgan fingerprint density at radius 3 is 2.38 bits per heavy atom. The Bertz CT molecular complexity index is 568. The van der Waals surface area contributed by atoms with Crippen LogP contribution in [0, 0.1) is 5.92 Å². The van der Waals surface area contributed by atoms with Gasteiger partial charge in [-0.15, -0.1) is 0 Å². The average Bonchev–Trinajstić information content (AvgIpc) is 2.56. The molecule has 1 aliphatic carbocycles. The Kier molecular flexibility index (Phi) is 4.59. The van der Waals surface area contributed by atoms with Crippen LogP contribution in [-0.2, 0) is 6.42 Å². The molecular weight excluding hydrogens is 256 g/mol. The first-order valence-corrected chi connectivity index (χ1v) is 8.09. The molecule has 110 valence electrons. The molecule has 21 heavy (non-hydrogen) atoms. The smallest absolute Gasteiger partial charge is 0.122 e. The van der Waals surface area contributed by atoms with Gasteiger partial charge in [0.15, 0.2) is 0 Å². The van der Waals surface area contributed by atoms with Gasteiger partial charge in [0.05, 0.1) is 7.11 Å². The first-order chi connectivity index (χ1) is 10.4. The quantitative estimate of drug-likeness (QED) is 0.720. The zero-order chi connectivity index (χ0) is 14.5. The van der Waals surface area contributed by atoms with E-state index in [-0.39, 0.29) is 0 Å². The van der Waals surface area contributed by atoms with Crippen molar-refractivity contribution < 1.29 is 4.74 Å². The maximum absolute atomic E-state index is 5.58. The first kappa shape index (κ1) is 14.2. The van der Waals surface area contributed by atoms with Crippen LogP contribution in [0.4, 0.5) is 0 Å². The molecule has 1 fully saturated rings. The summed E-state index contributed by atoms with van der Waals surface area (Å²) in [6.07, 6.45) is 8.11. The lowest BCUT2D eigenvalue weighted by Gasteiger charge is -2.22. The SMILES string of the molecule is COc1ccc(-c2ccccc2)cc1CC1CCCCC1. The molecule has 2 aromatic carbocycles. The molecule has 0 atom stereocenters. The third-order valence-electron chi connectivity index (χ3n) is 4.62. The Balaban J connectivity index is 1.86. The van der Waals surface area contributed by atoms with Crippen LogP contribution in [0.5, 0.6) is 5.75 Å². The van der Waals surface area contributed by atoms with Crippen molar-refractivity contribution in [1.82, 2.24) is 0 Å². The van der Waals surface area contributed by atoms with E-state index in [1.807, 2.05) is 0 Å². The highest BCUT2D eigenvalue weighted by molar-refractivity contribution is 5.65. The summed E-state index contributed by atoms with van der Waals surface area (Å²) in [6.45, 7) is 0. The summed E-state index contributed by atoms with van der Waals surface area (Å²) in [5.74, 6) is 1.87. The van der Waals surface area contributed by atoms with Crippen molar-refractivity contribution >= 4 is 0 Å². The summed E-state index contributed by atoms with van der Waals surface area (Å²) in [5, 5.41) is 0. The van der Waals surface area contributed by atoms with Crippen LogP contribution in [0.2, 0.25) is 0 Å². The molecule has 0 N–H and O–H groups in total. The first-order valence-electron chi connectivity index (χ1n) is 8.09. The predicted octanol–water partition coefficient (Wildman–Crippen LogP) is 5.49. The lowest BCUT2D eigenvalue weighted by Crippen LogP contribution is -2.10. The normalized spacial score (nSPS) is 15.9. The van der Waals surface area contributed by atoms with Gasteiger partial charge in [-0.1, -0.05) is 68.5 Å². The van der Waals surface area contributed by atoms with Gasteiger partial charge in [0, 0.05) is 0 Å². The number of ether oxygens (including phenoxy) is 1. The summed E-state index contributed by atoms with van der Waals surface area (Å²) >= 11 is 0. The molecule has 0 radical (unpaired) electrons. The number of hydrogen-bond donors (Lipinski definition) is 0. The summed E-state index contributed by atoms with van der Waals surface area (Å²) in [7, 11) is 1.78. The lowest BCUT2D eigenvalue weighted by molar-refractivity contribution is 0.348. The number of hydrogen-bond acceptors (Lipinski definition) is 1. The van der Waals surface area contributed by atoms with Gasteiger partial charge < -0.3 is 4.74 Å². The van der Waals surface area contributed by atoms with E-state index >= 15 is 0 Å². The third-order valence-corrected chi connectivity index (χ3v) is 4.62. The second-order valence-electron chi connectivity index (χ2n) is 6.10. The zero-order valence-corrected chi connectivity index (χ0v) is 12.8. The Morgan fingerprint density at radius 1 is 0.905 bits per heavy atom. The minimum absolute atomic E-state index is 0.832. The minimum Gasteiger partial charge on any atom is -0.496 e. The van der Waals surface area contributed by atoms with Crippen molar-refractivity contribution in [2.24, 2.45) is 5.92 Å². The average molecular weight is 280 g/mol. The van der Waals surface area contributed by atoms with E-state index in [0.717, 1.165) is 18.1 Å². The fourth-order valence-corrected chi connectivity index (χ4v) is 3.45. The molecule has 0 unspecified atom stereocenters. The van der Waals surface area contributed by atoms with Gasteiger partial charge in [0.2, 0.25) is 0 Å². The maximum atomic E-state index is 5.58. The topological polar surface area (TPSA) is 9.23 Å².